The monoisotopic (exact) mass is 300 g/mol. The van der Waals surface area contributed by atoms with E-state index in [0.29, 0.717) is 0 Å². The van der Waals surface area contributed by atoms with Crippen LogP contribution in [-0.2, 0) is 0 Å². The summed E-state index contributed by atoms with van der Waals surface area (Å²) in [6.07, 6.45) is 7.41. The van der Waals surface area contributed by atoms with Gasteiger partial charge in [-0.3, -0.25) is 0 Å². The highest BCUT2D eigenvalue weighted by Gasteiger charge is 2.17. The van der Waals surface area contributed by atoms with E-state index in [0.717, 1.165) is 12.5 Å². The summed E-state index contributed by atoms with van der Waals surface area (Å²) in [5.41, 5.74) is 4.18. The molecule has 0 aliphatic carbocycles. The maximum Gasteiger partial charge on any atom is 0.0109 e. The third kappa shape index (κ3) is 4.96. The van der Waals surface area contributed by atoms with Crippen LogP contribution < -0.4 is 0 Å². The molecule has 0 bridgehead atoms. The van der Waals surface area contributed by atoms with Gasteiger partial charge in [-0.05, 0) is 76.0 Å². The van der Waals surface area contributed by atoms with Gasteiger partial charge in [0.05, 0.1) is 0 Å². The lowest BCUT2D eigenvalue weighted by atomic mass is 9.94. The van der Waals surface area contributed by atoms with E-state index in [1.165, 1.54) is 55.7 Å². The normalized spacial score (nSPS) is 17.7. The lowest BCUT2D eigenvalue weighted by molar-refractivity contribution is 0.181. The van der Waals surface area contributed by atoms with Crippen molar-refractivity contribution >= 4 is 6.08 Å². The van der Waals surface area contributed by atoms with Crippen molar-refractivity contribution in [1.29, 1.82) is 0 Å². The van der Waals surface area contributed by atoms with Crippen molar-refractivity contribution in [1.82, 2.24) is 9.80 Å². The van der Waals surface area contributed by atoms with E-state index in [4.69, 9.17) is 0 Å². The third-order valence-corrected chi connectivity index (χ3v) is 5.05. The number of hydrogen-bond acceptors (Lipinski definition) is 2. The average molecular weight is 300 g/mol. The molecule has 2 rings (SSSR count). The van der Waals surface area contributed by atoms with Gasteiger partial charge in [0, 0.05) is 13.1 Å². The summed E-state index contributed by atoms with van der Waals surface area (Å²) in [6.45, 7) is 12.7. The fourth-order valence-corrected chi connectivity index (χ4v) is 3.16. The molecule has 2 nitrogen and oxygen atoms in total. The number of likely N-dealkylation sites (N-methyl/N-ethyl adjacent to an activating group) is 1. The molecule has 0 N–H and O–H groups in total. The zero-order valence-corrected chi connectivity index (χ0v) is 14.8. The Morgan fingerprint density at radius 1 is 1.18 bits per heavy atom. The highest BCUT2D eigenvalue weighted by molar-refractivity contribution is 5.57. The molecule has 122 valence electrons. The van der Waals surface area contributed by atoms with Gasteiger partial charge in [-0.2, -0.15) is 0 Å². The van der Waals surface area contributed by atoms with Gasteiger partial charge in [0.25, 0.3) is 0 Å². The van der Waals surface area contributed by atoms with Gasteiger partial charge in [-0.15, -0.1) is 0 Å². The molecule has 0 unspecified atom stereocenters. The van der Waals surface area contributed by atoms with E-state index < -0.39 is 0 Å². The Bertz CT molecular complexity index is 464. The minimum atomic E-state index is 0.749. The molecule has 22 heavy (non-hydrogen) atoms. The molecular weight excluding hydrogens is 268 g/mol. The van der Waals surface area contributed by atoms with E-state index in [9.17, 15) is 0 Å². The molecule has 1 aromatic rings. The van der Waals surface area contributed by atoms with Gasteiger partial charge < -0.3 is 9.80 Å². The second-order valence-electron chi connectivity index (χ2n) is 6.74. The van der Waals surface area contributed by atoms with E-state index >= 15 is 0 Å². The smallest absolute Gasteiger partial charge is 0.0109 e. The first-order valence-electron chi connectivity index (χ1n) is 8.75. The van der Waals surface area contributed by atoms with Crippen LogP contribution in [0.25, 0.3) is 6.08 Å². The predicted octanol–water partition coefficient (Wildman–Crippen LogP) is 3.98. The van der Waals surface area contributed by atoms with Crippen LogP contribution in [0.3, 0.4) is 0 Å². The lowest BCUT2D eigenvalue weighted by Gasteiger charge is -2.31. The zero-order chi connectivity index (χ0) is 15.9. The standard InChI is InChI=1S/C20H32N2/c1-5-21(4)15-16-22-13-11-19(12-14-22)9-10-20-17(2)7-6-8-18(20)3/h6-10,19H,5,11-16H2,1-4H3/b10-9+. The molecule has 1 heterocycles. The van der Waals surface area contributed by atoms with Gasteiger partial charge >= 0.3 is 0 Å². The molecular formula is C20H32N2. The molecule has 0 saturated carbocycles. The largest absolute Gasteiger partial charge is 0.305 e. The molecule has 2 heteroatoms. The van der Waals surface area contributed by atoms with Crippen LogP contribution >= 0.6 is 0 Å². The summed E-state index contributed by atoms with van der Waals surface area (Å²) in [7, 11) is 2.21. The number of likely N-dealkylation sites (tertiary alicyclic amines) is 1. The van der Waals surface area contributed by atoms with E-state index in [1.807, 2.05) is 0 Å². The molecule has 1 saturated heterocycles. The van der Waals surface area contributed by atoms with Crippen LogP contribution in [0, 0.1) is 19.8 Å². The van der Waals surface area contributed by atoms with E-state index in [-0.39, 0.29) is 0 Å². The van der Waals surface area contributed by atoms with Crippen molar-refractivity contribution in [3.63, 3.8) is 0 Å². The molecule has 0 radical (unpaired) electrons. The van der Waals surface area contributed by atoms with Crippen molar-refractivity contribution in [3.05, 3.63) is 41.0 Å². The Hall–Kier alpha value is -1.12. The van der Waals surface area contributed by atoms with E-state index in [1.54, 1.807) is 0 Å². The fraction of sp³-hybridized carbons (Fsp3) is 0.600. The predicted molar refractivity (Wildman–Crippen MR) is 97.3 cm³/mol. The highest BCUT2D eigenvalue weighted by Crippen LogP contribution is 2.21. The van der Waals surface area contributed by atoms with Crippen LogP contribution in [0.4, 0.5) is 0 Å². The lowest BCUT2D eigenvalue weighted by Crippen LogP contribution is -2.38. The highest BCUT2D eigenvalue weighted by atomic mass is 15.2. The summed E-state index contributed by atoms with van der Waals surface area (Å²) in [5.74, 6) is 0.749. The van der Waals surface area contributed by atoms with Crippen LogP contribution in [0.2, 0.25) is 0 Å². The number of allylic oxidation sites excluding steroid dienone is 1. The van der Waals surface area contributed by atoms with Gasteiger partial charge in [-0.1, -0.05) is 37.3 Å². The van der Waals surface area contributed by atoms with Crippen molar-refractivity contribution in [2.24, 2.45) is 5.92 Å². The first kappa shape index (κ1) is 17.2. The Morgan fingerprint density at radius 2 is 1.82 bits per heavy atom. The summed E-state index contributed by atoms with van der Waals surface area (Å²) < 4.78 is 0. The molecule has 1 aliphatic heterocycles. The fourth-order valence-electron chi connectivity index (χ4n) is 3.16. The first-order chi connectivity index (χ1) is 10.6. The van der Waals surface area contributed by atoms with Crippen LogP contribution in [0.15, 0.2) is 24.3 Å². The van der Waals surface area contributed by atoms with Gasteiger partial charge in [-0.25, -0.2) is 0 Å². The summed E-state index contributed by atoms with van der Waals surface area (Å²) in [5, 5.41) is 0. The zero-order valence-electron chi connectivity index (χ0n) is 14.8. The molecule has 0 aromatic heterocycles. The number of nitrogens with zero attached hydrogens (tertiary/aromatic N) is 2. The Kier molecular flexibility index (Phi) is 6.66. The number of hydrogen-bond donors (Lipinski definition) is 0. The Labute approximate surface area is 136 Å². The molecule has 0 atom stereocenters. The molecule has 1 aliphatic rings. The Morgan fingerprint density at radius 3 is 2.41 bits per heavy atom. The summed E-state index contributed by atoms with van der Waals surface area (Å²) in [6, 6.07) is 6.56. The van der Waals surface area contributed by atoms with Gasteiger partial charge in [0.1, 0.15) is 0 Å². The van der Waals surface area contributed by atoms with Crippen molar-refractivity contribution < 1.29 is 0 Å². The number of piperidine rings is 1. The Balaban J connectivity index is 1.81. The minimum Gasteiger partial charge on any atom is -0.305 e. The summed E-state index contributed by atoms with van der Waals surface area (Å²) >= 11 is 0. The van der Waals surface area contributed by atoms with Crippen LogP contribution in [0.5, 0.6) is 0 Å². The van der Waals surface area contributed by atoms with E-state index in [2.05, 4.69) is 68.0 Å². The van der Waals surface area contributed by atoms with Crippen LogP contribution in [-0.4, -0.2) is 49.6 Å². The maximum absolute atomic E-state index is 2.62. The topological polar surface area (TPSA) is 6.48 Å². The number of aryl methyl sites for hydroxylation is 2. The van der Waals surface area contributed by atoms with Gasteiger partial charge in [0.2, 0.25) is 0 Å². The molecule has 0 amide bonds. The second-order valence-corrected chi connectivity index (χ2v) is 6.74. The van der Waals surface area contributed by atoms with Crippen molar-refractivity contribution in [2.45, 2.75) is 33.6 Å². The third-order valence-electron chi connectivity index (χ3n) is 5.05. The molecule has 1 fully saturated rings. The van der Waals surface area contributed by atoms with Crippen LogP contribution in [0.1, 0.15) is 36.5 Å². The SMILES string of the molecule is CCN(C)CCN1CCC(/C=C/c2c(C)cccc2C)CC1. The number of rotatable bonds is 6. The quantitative estimate of drug-likeness (QED) is 0.784. The first-order valence-corrected chi connectivity index (χ1v) is 8.75. The maximum atomic E-state index is 2.62. The molecule has 1 aromatic carbocycles. The average Bonchev–Trinajstić information content (AvgIpc) is 2.53. The summed E-state index contributed by atoms with van der Waals surface area (Å²) in [4.78, 5) is 5.02. The minimum absolute atomic E-state index is 0.749. The second kappa shape index (κ2) is 8.50. The van der Waals surface area contributed by atoms with Crippen molar-refractivity contribution in [3.8, 4) is 0 Å². The van der Waals surface area contributed by atoms with Gasteiger partial charge in [0.15, 0.2) is 0 Å². The number of benzene rings is 1. The molecule has 0 spiro atoms. The van der Waals surface area contributed by atoms with Crippen molar-refractivity contribution in [2.75, 3.05) is 39.8 Å².